The molecule has 7 heteroatoms. The Balaban J connectivity index is 1.72. The molecule has 0 saturated heterocycles. The van der Waals surface area contributed by atoms with E-state index >= 15 is 0 Å². The monoisotopic (exact) mass is 327 g/mol. The quantitative estimate of drug-likeness (QED) is 0.443. The van der Waals surface area contributed by atoms with Crippen molar-refractivity contribution in [3.8, 4) is 0 Å². The fraction of sp³-hybridized carbons (Fsp3) is 0.118. The molecule has 3 aromatic rings. The number of nitrogens with zero attached hydrogens (tertiary/aromatic N) is 3. The van der Waals surface area contributed by atoms with Gasteiger partial charge in [-0.05, 0) is 29.8 Å². The highest BCUT2D eigenvalue weighted by atomic mass is 19.1. The molecule has 122 valence electrons. The summed E-state index contributed by atoms with van der Waals surface area (Å²) >= 11 is 0. The molecule has 0 unspecified atom stereocenters. The van der Waals surface area contributed by atoms with Gasteiger partial charge in [-0.15, -0.1) is 5.10 Å². The second-order valence-corrected chi connectivity index (χ2v) is 5.20. The summed E-state index contributed by atoms with van der Waals surface area (Å²) < 4.78 is 19.8. The number of carbonyl (C=O) groups is 1. The lowest BCUT2D eigenvalue weighted by Crippen LogP contribution is -1.97. The molecule has 1 N–H and O–H groups in total. The number of aliphatic hydroxyl groups excluding tert-OH is 1. The van der Waals surface area contributed by atoms with Crippen molar-refractivity contribution >= 4 is 11.5 Å². The zero-order chi connectivity index (χ0) is 17.1. The van der Waals surface area contributed by atoms with Gasteiger partial charge in [0.25, 0.3) is 0 Å². The van der Waals surface area contributed by atoms with Gasteiger partial charge in [-0.2, -0.15) is 0 Å². The molecule has 0 bridgehead atoms. The number of halogens is 1. The number of benzene rings is 1. The van der Waals surface area contributed by atoms with Crippen LogP contribution in [0.25, 0.3) is 5.76 Å². The number of ketones is 1. The highest BCUT2D eigenvalue weighted by molar-refractivity contribution is 6.05. The van der Waals surface area contributed by atoms with Crippen LogP contribution >= 0.6 is 0 Å². The van der Waals surface area contributed by atoms with Gasteiger partial charge in [-0.25, -0.2) is 9.37 Å². The average Bonchev–Trinajstić information content (AvgIpc) is 3.19. The van der Waals surface area contributed by atoms with Crippen LogP contribution in [0.15, 0.2) is 53.2 Å². The van der Waals surface area contributed by atoms with Gasteiger partial charge in [0, 0.05) is 19.5 Å². The first-order valence-electron chi connectivity index (χ1n) is 7.15. The Bertz CT molecular complexity index is 894. The molecule has 0 aliphatic heterocycles. The summed E-state index contributed by atoms with van der Waals surface area (Å²) in [4.78, 5) is 16.0. The Morgan fingerprint density at radius 2 is 2.04 bits per heavy atom. The number of aliphatic hydroxyl groups is 1. The lowest BCUT2D eigenvalue weighted by Gasteiger charge is -1.98. The molecular weight excluding hydrogens is 313 g/mol. The van der Waals surface area contributed by atoms with Crippen molar-refractivity contribution < 1.29 is 18.7 Å². The summed E-state index contributed by atoms with van der Waals surface area (Å²) in [5.41, 5.74) is 0.862. The molecule has 0 saturated carbocycles. The lowest BCUT2D eigenvalue weighted by atomic mass is 10.1. The zero-order valence-electron chi connectivity index (χ0n) is 12.8. The topological polar surface area (TPSA) is 81.1 Å². The molecule has 0 fully saturated rings. The van der Waals surface area contributed by atoms with E-state index in [9.17, 15) is 14.3 Å². The van der Waals surface area contributed by atoms with Crippen LogP contribution in [0.2, 0.25) is 0 Å². The Morgan fingerprint density at radius 1 is 1.29 bits per heavy atom. The van der Waals surface area contributed by atoms with Crippen LogP contribution in [-0.4, -0.2) is 25.7 Å². The fourth-order valence-electron chi connectivity index (χ4n) is 2.13. The maximum absolute atomic E-state index is 12.9. The molecule has 2 heterocycles. The number of hydrogen-bond donors (Lipinski definition) is 1. The Morgan fingerprint density at radius 3 is 2.71 bits per heavy atom. The van der Waals surface area contributed by atoms with Gasteiger partial charge in [0.15, 0.2) is 11.5 Å². The van der Waals surface area contributed by atoms with Crippen LogP contribution in [0, 0.1) is 5.82 Å². The smallest absolute Gasteiger partial charge is 0.224 e. The second-order valence-electron chi connectivity index (χ2n) is 5.20. The molecule has 2 aromatic heterocycles. The van der Waals surface area contributed by atoms with Crippen LogP contribution < -0.4 is 0 Å². The first kappa shape index (κ1) is 15.7. The van der Waals surface area contributed by atoms with Gasteiger partial charge >= 0.3 is 0 Å². The molecule has 0 aliphatic rings. The van der Waals surface area contributed by atoms with Crippen molar-refractivity contribution in [2.45, 2.75) is 6.42 Å². The van der Waals surface area contributed by atoms with Crippen LogP contribution in [0.5, 0.6) is 0 Å². The van der Waals surface area contributed by atoms with Crippen molar-refractivity contribution in [3.63, 3.8) is 0 Å². The van der Waals surface area contributed by atoms with E-state index in [1.54, 1.807) is 25.2 Å². The van der Waals surface area contributed by atoms with E-state index in [1.807, 2.05) is 0 Å². The van der Waals surface area contributed by atoms with Crippen molar-refractivity contribution in [3.05, 3.63) is 77.5 Å². The van der Waals surface area contributed by atoms with Gasteiger partial charge in [-0.1, -0.05) is 12.1 Å². The first-order chi connectivity index (χ1) is 11.5. The Labute approximate surface area is 136 Å². The maximum Gasteiger partial charge on any atom is 0.224 e. The molecule has 0 radical (unpaired) electrons. The standard InChI is InChI=1S/C17H14FN3O3/c1-21-10-19-17(20-21)15(23)9-14(22)16-7-6-13(24-16)8-11-2-4-12(18)5-3-11/h2-7,9-10,23H,8H2,1H3/b15-9-. The number of rotatable bonds is 5. The number of aryl methyl sites for hydroxylation is 1. The molecule has 0 atom stereocenters. The van der Waals surface area contributed by atoms with Gasteiger partial charge in [-0.3, -0.25) is 9.48 Å². The minimum atomic E-state index is -0.495. The molecule has 1 aromatic carbocycles. The number of carbonyl (C=O) groups excluding carboxylic acids is 1. The van der Waals surface area contributed by atoms with E-state index in [2.05, 4.69) is 10.1 Å². The van der Waals surface area contributed by atoms with Gasteiger partial charge < -0.3 is 9.52 Å². The molecule has 6 nitrogen and oxygen atoms in total. The predicted molar refractivity (Wildman–Crippen MR) is 83.9 cm³/mol. The SMILES string of the molecule is Cn1cnc(/C(O)=C/C(=O)c2ccc(Cc3ccc(F)cc3)o2)n1. The molecular formula is C17H14FN3O3. The van der Waals surface area contributed by atoms with E-state index in [0.717, 1.165) is 11.6 Å². The Hall–Kier alpha value is -3.22. The van der Waals surface area contributed by atoms with E-state index < -0.39 is 5.78 Å². The molecule has 0 amide bonds. The summed E-state index contributed by atoms with van der Waals surface area (Å²) in [5, 5.41) is 13.8. The van der Waals surface area contributed by atoms with Crippen LogP contribution in [0.1, 0.15) is 27.7 Å². The van der Waals surface area contributed by atoms with Crippen molar-refractivity contribution in [1.29, 1.82) is 0 Å². The van der Waals surface area contributed by atoms with E-state index in [0.29, 0.717) is 12.2 Å². The first-order valence-corrected chi connectivity index (χ1v) is 7.15. The van der Waals surface area contributed by atoms with Crippen LogP contribution in [-0.2, 0) is 13.5 Å². The normalized spacial score (nSPS) is 11.7. The number of hydrogen-bond acceptors (Lipinski definition) is 5. The largest absolute Gasteiger partial charge is 0.504 e. The van der Waals surface area contributed by atoms with Gasteiger partial charge in [0.2, 0.25) is 11.6 Å². The lowest BCUT2D eigenvalue weighted by molar-refractivity contribution is 0.101. The third kappa shape index (κ3) is 3.57. The van der Waals surface area contributed by atoms with Crippen molar-refractivity contribution in [1.82, 2.24) is 14.8 Å². The molecule has 0 spiro atoms. The predicted octanol–water partition coefficient (Wildman–Crippen LogP) is 2.92. The number of furan rings is 1. The van der Waals surface area contributed by atoms with Crippen molar-refractivity contribution in [2.75, 3.05) is 0 Å². The highest BCUT2D eigenvalue weighted by Gasteiger charge is 2.13. The summed E-state index contributed by atoms with van der Waals surface area (Å²) in [7, 11) is 1.65. The maximum atomic E-state index is 12.9. The Kier molecular flexibility index (Phi) is 4.24. The summed E-state index contributed by atoms with van der Waals surface area (Å²) in [6.45, 7) is 0. The van der Waals surface area contributed by atoms with E-state index in [4.69, 9.17) is 4.42 Å². The zero-order valence-corrected chi connectivity index (χ0v) is 12.8. The number of allylic oxidation sites excluding steroid dienone is 1. The summed E-state index contributed by atoms with van der Waals surface area (Å²) in [6.07, 6.45) is 2.86. The van der Waals surface area contributed by atoms with Gasteiger partial charge in [0.1, 0.15) is 17.9 Å². The fourth-order valence-corrected chi connectivity index (χ4v) is 2.13. The van der Waals surface area contributed by atoms with Crippen LogP contribution in [0.4, 0.5) is 4.39 Å². The van der Waals surface area contributed by atoms with Crippen LogP contribution in [0.3, 0.4) is 0 Å². The summed E-state index contributed by atoms with van der Waals surface area (Å²) in [6, 6.07) is 9.23. The summed E-state index contributed by atoms with van der Waals surface area (Å²) in [5.74, 6) is -0.424. The highest BCUT2D eigenvalue weighted by Crippen LogP contribution is 2.16. The minimum Gasteiger partial charge on any atom is -0.504 e. The number of aromatic nitrogens is 3. The van der Waals surface area contributed by atoms with E-state index in [-0.39, 0.29) is 23.2 Å². The molecule has 0 aliphatic carbocycles. The molecule has 3 rings (SSSR count). The third-order valence-electron chi connectivity index (χ3n) is 3.29. The van der Waals surface area contributed by atoms with Crippen molar-refractivity contribution in [2.24, 2.45) is 7.05 Å². The second kappa shape index (κ2) is 6.49. The molecule has 24 heavy (non-hydrogen) atoms. The van der Waals surface area contributed by atoms with E-state index in [1.165, 1.54) is 29.2 Å². The average molecular weight is 327 g/mol. The van der Waals surface area contributed by atoms with Gasteiger partial charge in [0.05, 0.1) is 0 Å². The third-order valence-corrected chi connectivity index (χ3v) is 3.29. The minimum absolute atomic E-state index is 0.0592.